The summed E-state index contributed by atoms with van der Waals surface area (Å²) in [5.41, 5.74) is 6.95. The highest BCUT2D eigenvalue weighted by Gasteiger charge is 2.36. The van der Waals surface area contributed by atoms with E-state index in [1.807, 2.05) is 59.7 Å². The number of nitrogens with zero attached hydrogens (tertiary/aromatic N) is 8. The molecule has 3 N–H and O–H groups in total. The molecule has 8 rings (SSSR count). The largest absolute Gasteiger partial charge is 0.481 e. The summed E-state index contributed by atoms with van der Waals surface area (Å²) in [4.78, 5) is 32.4. The molecule has 6 aromatic rings. The maximum atomic E-state index is 14.1. The minimum Gasteiger partial charge on any atom is -0.481 e. The van der Waals surface area contributed by atoms with Gasteiger partial charge in [-0.05, 0) is 79.3 Å². The summed E-state index contributed by atoms with van der Waals surface area (Å²) in [5.74, 6) is -2.00. The highest BCUT2D eigenvalue weighted by Crippen LogP contribution is 2.39. The van der Waals surface area contributed by atoms with Crippen molar-refractivity contribution in [1.82, 2.24) is 29.3 Å². The second-order valence-electron chi connectivity index (χ2n) is 15.2. The second-order valence-corrected chi connectivity index (χ2v) is 15.2. The van der Waals surface area contributed by atoms with Crippen LogP contribution < -0.4 is 10.8 Å². The van der Waals surface area contributed by atoms with Crippen molar-refractivity contribution in [3.05, 3.63) is 94.5 Å². The first-order chi connectivity index (χ1) is 28.3. The number of β-amino-alcohol motifs (C(OH)–C–C–N with tert-alkyl or cyclic N) is 1. The minimum absolute atomic E-state index is 0.0554. The first kappa shape index (κ1) is 39.7. The van der Waals surface area contributed by atoms with Crippen LogP contribution in [-0.4, -0.2) is 91.4 Å². The van der Waals surface area contributed by atoms with E-state index >= 15 is 0 Å². The number of hydrogen-bond acceptors (Lipinski definition) is 11. The first-order valence-electron chi connectivity index (χ1n) is 19.4. The van der Waals surface area contributed by atoms with E-state index in [4.69, 9.17) is 4.42 Å². The van der Waals surface area contributed by atoms with Gasteiger partial charge in [-0.15, -0.1) is 0 Å². The number of aliphatic hydroxyl groups excluding tert-OH is 1. The number of alkyl halides is 3. The SMILES string of the molecule is CN=c1c2cc(-c3cccc(-c4cccc(Nc5nc(C(F)(F)F)nc6cc(CN7CC[C@@H](O)C7)cnc56)c4C)c3C)oc2c(C#N)cn1CCN1CC[C@H](C(=O)O)C1. The molecule has 0 bridgehead atoms. The van der Waals surface area contributed by atoms with E-state index in [1.54, 1.807) is 31.6 Å². The average molecular weight is 806 g/mol. The molecule has 59 heavy (non-hydrogen) atoms. The van der Waals surface area contributed by atoms with Gasteiger partial charge in [0.2, 0.25) is 5.82 Å². The third-order valence-corrected chi connectivity index (χ3v) is 11.4. The lowest BCUT2D eigenvalue weighted by Crippen LogP contribution is -2.31. The summed E-state index contributed by atoms with van der Waals surface area (Å²) in [5, 5.41) is 33.3. The fourth-order valence-corrected chi connectivity index (χ4v) is 8.27. The van der Waals surface area contributed by atoms with E-state index in [-0.39, 0.29) is 22.8 Å². The number of nitrogens with one attached hydrogen (secondary N) is 1. The molecule has 2 saturated heterocycles. The van der Waals surface area contributed by atoms with Gasteiger partial charge in [0.15, 0.2) is 11.4 Å². The number of aromatic nitrogens is 4. The Morgan fingerprint density at radius 1 is 1.02 bits per heavy atom. The van der Waals surface area contributed by atoms with Crippen LogP contribution in [-0.2, 0) is 24.1 Å². The molecule has 16 heteroatoms. The lowest BCUT2D eigenvalue weighted by molar-refractivity contribution is -0.144. The van der Waals surface area contributed by atoms with E-state index < -0.39 is 24.1 Å². The molecule has 304 valence electrons. The molecule has 0 unspecified atom stereocenters. The Hall–Kier alpha value is -6.15. The van der Waals surface area contributed by atoms with Crippen LogP contribution in [0.1, 0.15) is 40.9 Å². The molecule has 0 saturated carbocycles. The highest BCUT2D eigenvalue weighted by atomic mass is 19.4. The molecule has 2 atom stereocenters. The van der Waals surface area contributed by atoms with E-state index in [0.717, 1.165) is 27.8 Å². The molecule has 13 nitrogen and oxygen atoms in total. The third kappa shape index (κ3) is 7.88. The van der Waals surface area contributed by atoms with Gasteiger partial charge in [0.25, 0.3) is 0 Å². The Labute approximate surface area is 337 Å². The van der Waals surface area contributed by atoms with Gasteiger partial charge in [-0.3, -0.25) is 19.7 Å². The zero-order valence-electron chi connectivity index (χ0n) is 32.7. The maximum absolute atomic E-state index is 14.1. The Morgan fingerprint density at radius 3 is 2.46 bits per heavy atom. The number of likely N-dealkylation sites (tertiary alicyclic amines) is 2. The number of furan rings is 1. The maximum Gasteiger partial charge on any atom is 0.451 e. The monoisotopic (exact) mass is 805 g/mol. The molecule has 6 heterocycles. The van der Waals surface area contributed by atoms with Crippen LogP contribution in [0.15, 0.2) is 70.3 Å². The number of rotatable bonds is 10. The molecule has 2 aliphatic rings. The van der Waals surface area contributed by atoms with Gasteiger partial charge >= 0.3 is 12.1 Å². The van der Waals surface area contributed by atoms with Gasteiger partial charge in [-0.2, -0.15) is 18.4 Å². The summed E-state index contributed by atoms with van der Waals surface area (Å²) in [7, 11) is 1.68. The molecule has 0 radical (unpaired) electrons. The number of hydrogen-bond donors (Lipinski definition) is 3. The van der Waals surface area contributed by atoms with E-state index in [9.17, 15) is 33.4 Å². The van der Waals surface area contributed by atoms with Crippen molar-refractivity contribution in [2.24, 2.45) is 10.9 Å². The second kappa shape index (κ2) is 15.9. The molecule has 2 aliphatic heterocycles. The summed E-state index contributed by atoms with van der Waals surface area (Å²) in [6, 6.07) is 17.1. The van der Waals surface area contributed by atoms with Crippen molar-refractivity contribution in [3.8, 4) is 28.5 Å². The lowest BCUT2D eigenvalue weighted by Gasteiger charge is -2.18. The van der Waals surface area contributed by atoms with Crippen molar-refractivity contribution >= 4 is 39.5 Å². The molecule has 0 aliphatic carbocycles. The Morgan fingerprint density at radius 2 is 1.76 bits per heavy atom. The zero-order valence-corrected chi connectivity index (χ0v) is 32.7. The normalized spacial score (nSPS) is 18.0. The number of carboxylic acid groups (broad SMARTS) is 1. The number of fused-ring (bicyclic) bond motifs is 2. The molecule has 0 spiro atoms. The van der Waals surface area contributed by atoms with Crippen LogP contribution in [0.4, 0.5) is 24.7 Å². The van der Waals surface area contributed by atoms with Crippen molar-refractivity contribution in [2.75, 3.05) is 45.1 Å². The number of benzene rings is 2. The van der Waals surface area contributed by atoms with Gasteiger partial charge < -0.3 is 29.4 Å². The van der Waals surface area contributed by atoms with Crippen LogP contribution >= 0.6 is 0 Å². The third-order valence-electron chi connectivity index (χ3n) is 11.4. The predicted octanol–water partition coefficient (Wildman–Crippen LogP) is 6.66. The number of carboxylic acids is 1. The molecular formula is C43H42F3N9O4. The number of carbonyl (C=O) groups is 1. The predicted molar refractivity (Wildman–Crippen MR) is 214 cm³/mol. The summed E-state index contributed by atoms with van der Waals surface area (Å²) in [6.07, 6.45) is -0.663. The Bertz CT molecular complexity index is 2720. The van der Waals surface area contributed by atoms with Gasteiger partial charge in [0, 0.05) is 70.0 Å². The highest BCUT2D eigenvalue weighted by molar-refractivity contribution is 5.90. The minimum atomic E-state index is -4.80. The standard InChI is InChI=1S/C43H42F3N9O4/c1-24-30(6-4-8-32(24)36-17-33-38(59-36)28(18-47)22-55(40(33)48-3)15-14-53-12-10-27(21-53)41(57)58)31-7-5-9-34(25(31)2)50-39-37-35(51-42(52-39)43(44,45)46)16-26(19-49-37)20-54-13-11-29(56)23-54/h4-9,16-17,19,22,27,29,56H,10-15,20-21,23H2,1-3H3,(H,57,58)(H,50,51,52)/t27-,29+/m0/s1. The van der Waals surface area contributed by atoms with Gasteiger partial charge in [-0.25, -0.2) is 9.97 Å². The quantitative estimate of drug-likeness (QED) is 0.135. The van der Waals surface area contributed by atoms with E-state index in [2.05, 4.69) is 36.2 Å². The van der Waals surface area contributed by atoms with Crippen LogP contribution in [0.3, 0.4) is 0 Å². The topological polar surface area (TPSA) is 169 Å². The molecule has 2 fully saturated rings. The van der Waals surface area contributed by atoms with Crippen molar-refractivity contribution in [1.29, 1.82) is 5.26 Å². The number of anilines is 2. The van der Waals surface area contributed by atoms with E-state index in [1.165, 1.54) is 0 Å². The molecule has 0 amide bonds. The number of aliphatic carboxylic acids is 1. The van der Waals surface area contributed by atoms with Crippen LogP contribution in [0, 0.1) is 31.1 Å². The van der Waals surface area contributed by atoms with Gasteiger partial charge in [0.1, 0.15) is 28.4 Å². The summed E-state index contributed by atoms with van der Waals surface area (Å²) in [6.45, 7) is 7.71. The number of nitriles is 1. The van der Waals surface area contributed by atoms with Crippen LogP contribution in [0.2, 0.25) is 0 Å². The van der Waals surface area contributed by atoms with Crippen LogP contribution in [0.5, 0.6) is 0 Å². The molecule has 2 aromatic carbocycles. The molecular weight excluding hydrogens is 764 g/mol. The fourth-order valence-electron chi connectivity index (χ4n) is 8.27. The Balaban J connectivity index is 1.11. The Kier molecular flexibility index (Phi) is 10.7. The molecule has 4 aromatic heterocycles. The van der Waals surface area contributed by atoms with Crippen molar-refractivity contribution in [2.45, 2.75) is 52.1 Å². The van der Waals surface area contributed by atoms with Gasteiger partial charge in [0.05, 0.1) is 22.9 Å². The lowest BCUT2D eigenvalue weighted by atomic mass is 9.92. The zero-order chi connectivity index (χ0) is 41.6. The first-order valence-corrected chi connectivity index (χ1v) is 19.4. The number of halogens is 3. The summed E-state index contributed by atoms with van der Waals surface area (Å²) < 4.78 is 50.7. The number of pyridine rings is 2. The van der Waals surface area contributed by atoms with Crippen LogP contribution in [0.25, 0.3) is 44.5 Å². The number of aliphatic hydroxyl groups is 1. The van der Waals surface area contributed by atoms with E-state index in [0.29, 0.717) is 97.7 Å². The fraction of sp³-hybridized carbons (Fsp3) is 0.349. The summed E-state index contributed by atoms with van der Waals surface area (Å²) >= 11 is 0. The average Bonchev–Trinajstić information content (AvgIpc) is 3.97. The smallest absolute Gasteiger partial charge is 0.451 e. The van der Waals surface area contributed by atoms with Gasteiger partial charge in [-0.1, -0.05) is 30.3 Å². The van der Waals surface area contributed by atoms with Crippen molar-refractivity contribution in [3.63, 3.8) is 0 Å². The van der Waals surface area contributed by atoms with Crippen molar-refractivity contribution < 1.29 is 32.6 Å².